The zero-order chi connectivity index (χ0) is 11.5. The molecule has 0 aliphatic carbocycles. The maximum Gasteiger partial charge on any atom is 0.0670 e. The number of nitrogens with two attached hydrogens (primary N) is 1. The molecule has 2 atom stereocenters. The lowest BCUT2D eigenvalue weighted by molar-refractivity contribution is 0.193. The van der Waals surface area contributed by atoms with Gasteiger partial charge in [0.1, 0.15) is 0 Å². The molecule has 1 heterocycles. The minimum absolute atomic E-state index is 0.0703. The molecule has 16 heavy (non-hydrogen) atoms. The van der Waals surface area contributed by atoms with Crippen molar-refractivity contribution >= 4 is 5.69 Å². The van der Waals surface area contributed by atoms with Gasteiger partial charge in [-0.2, -0.15) is 0 Å². The Morgan fingerprint density at radius 1 is 1.44 bits per heavy atom. The van der Waals surface area contributed by atoms with Crippen LogP contribution >= 0.6 is 0 Å². The summed E-state index contributed by atoms with van der Waals surface area (Å²) in [6.45, 7) is 3.72. The van der Waals surface area contributed by atoms with Crippen LogP contribution in [0.2, 0.25) is 0 Å². The van der Waals surface area contributed by atoms with Gasteiger partial charge in [0, 0.05) is 25.4 Å². The number of anilines is 1. The minimum atomic E-state index is 0.0703. The van der Waals surface area contributed by atoms with Crippen LogP contribution < -0.4 is 10.6 Å². The summed E-state index contributed by atoms with van der Waals surface area (Å²) in [5, 5.41) is 0. The van der Waals surface area contributed by atoms with Gasteiger partial charge < -0.3 is 15.4 Å². The van der Waals surface area contributed by atoms with Crippen LogP contribution in [-0.2, 0) is 4.74 Å². The zero-order valence-electron chi connectivity index (χ0n) is 10.0. The van der Waals surface area contributed by atoms with Crippen molar-refractivity contribution in [3.8, 4) is 0 Å². The van der Waals surface area contributed by atoms with Crippen LogP contribution in [0.25, 0.3) is 0 Å². The second-order valence-electron chi connectivity index (χ2n) is 4.48. The lowest BCUT2D eigenvalue weighted by atomic mass is 10.0. The van der Waals surface area contributed by atoms with Crippen molar-refractivity contribution in [1.82, 2.24) is 0 Å². The van der Waals surface area contributed by atoms with Gasteiger partial charge in [0.05, 0.1) is 12.6 Å². The van der Waals surface area contributed by atoms with Gasteiger partial charge in [0.25, 0.3) is 0 Å². The van der Waals surface area contributed by atoms with Crippen LogP contribution in [0.15, 0.2) is 24.3 Å². The van der Waals surface area contributed by atoms with Crippen molar-refractivity contribution in [2.75, 3.05) is 25.2 Å². The molecule has 0 bridgehead atoms. The van der Waals surface area contributed by atoms with Gasteiger partial charge in [0.15, 0.2) is 0 Å². The van der Waals surface area contributed by atoms with Crippen molar-refractivity contribution in [1.29, 1.82) is 0 Å². The largest absolute Gasteiger partial charge is 0.379 e. The Bertz CT molecular complexity index is 346. The first-order valence-electron chi connectivity index (χ1n) is 5.85. The molecule has 3 nitrogen and oxygen atoms in total. The summed E-state index contributed by atoms with van der Waals surface area (Å²) in [5.41, 5.74) is 8.43. The molecule has 88 valence electrons. The Morgan fingerprint density at radius 2 is 2.19 bits per heavy atom. The van der Waals surface area contributed by atoms with Crippen molar-refractivity contribution in [3.05, 3.63) is 29.8 Å². The first-order chi connectivity index (χ1) is 7.70. The van der Waals surface area contributed by atoms with E-state index in [9.17, 15) is 0 Å². The van der Waals surface area contributed by atoms with E-state index < -0.39 is 0 Å². The van der Waals surface area contributed by atoms with Crippen molar-refractivity contribution in [2.24, 2.45) is 5.73 Å². The summed E-state index contributed by atoms with van der Waals surface area (Å²) in [4.78, 5) is 2.30. The quantitative estimate of drug-likeness (QED) is 0.846. The van der Waals surface area contributed by atoms with Crippen LogP contribution in [0.3, 0.4) is 0 Å². The van der Waals surface area contributed by atoms with Gasteiger partial charge >= 0.3 is 0 Å². The first-order valence-corrected chi connectivity index (χ1v) is 5.85. The van der Waals surface area contributed by atoms with E-state index in [0.29, 0.717) is 6.04 Å². The Hall–Kier alpha value is -1.06. The summed E-state index contributed by atoms with van der Waals surface area (Å²) < 4.78 is 5.43. The van der Waals surface area contributed by atoms with Crippen molar-refractivity contribution in [3.63, 3.8) is 0 Å². The Morgan fingerprint density at radius 3 is 2.81 bits per heavy atom. The number of nitrogens with zero attached hydrogens (tertiary/aromatic N) is 1. The number of benzene rings is 1. The minimum Gasteiger partial charge on any atom is -0.379 e. The molecule has 2 rings (SSSR count). The Balaban J connectivity index is 2.24. The molecule has 1 unspecified atom stereocenters. The van der Waals surface area contributed by atoms with Gasteiger partial charge in [0.2, 0.25) is 0 Å². The molecule has 1 aromatic rings. The Labute approximate surface area is 97.2 Å². The molecule has 1 aliphatic rings. The predicted molar refractivity (Wildman–Crippen MR) is 66.7 cm³/mol. The number of hydrogen-bond donors (Lipinski definition) is 1. The monoisotopic (exact) mass is 220 g/mol. The lowest BCUT2D eigenvalue weighted by Gasteiger charge is -2.28. The van der Waals surface area contributed by atoms with Crippen molar-refractivity contribution < 1.29 is 4.74 Å². The normalized spacial score (nSPS) is 22.1. The third-order valence-corrected chi connectivity index (χ3v) is 3.26. The fourth-order valence-electron chi connectivity index (χ4n) is 2.22. The summed E-state index contributed by atoms with van der Waals surface area (Å²) in [6, 6.07) is 8.90. The SMILES string of the molecule is C[C@H](N)c1ccccc1N(C)C1CCOC1. The van der Waals surface area contributed by atoms with E-state index in [2.05, 4.69) is 30.1 Å². The Kier molecular flexibility index (Phi) is 3.46. The zero-order valence-corrected chi connectivity index (χ0v) is 10.0. The molecule has 2 N–H and O–H groups in total. The highest BCUT2D eigenvalue weighted by Gasteiger charge is 2.22. The predicted octanol–water partition coefficient (Wildman–Crippen LogP) is 1.93. The summed E-state index contributed by atoms with van der Waals surface area (Å²) in [5.74, 6) is 0. The summed E-state index contributed by atoms with van der Waals surface area (Å²) >= 11 is 0. The number of ether oxygens (including phenoxy) is 1. The third kappa shape index (κ3) is 2.20. The molecular weight excluding hydrogens is 200 g/mol. The maximum absolute atomic E-state index is 5.99. The average Bonchev–Trinajstić information content (AvgIpc) is 2.81. The van der Waals surface area contributed by atoms with Gasteiger partial charge in [-0.25, -0.2) is 0 Å². The molecule has 1 aliphatic heterocycles. The molecule has 0 amide bonds. The summed E-state index contributed by atoms with van der Waals surface area (Å²) in [7, 11) is 2.13. The van der Waals surface area contributed by atoms with E-state index in [1.54, 1.807) is 0 Å². The van der Waals surface area contributed by atoms with Crippen LogP contribution in [0.4, 0.5) is 5.69 Å². The van der Waals surface area contributed by atoms with E-state index in [-0.39, 0.29) is 6.04 Å². The molecule has 1 saturated heterocycles. The standard InChI is InChI=1S/C13H20N2O/c1-10(14)12-5-3-4-6-13(12)15(2)11-7-8-16-9-11/h3-6,10-11H,7-9,14H2,1-2H3/t10-,11?/m0/s1. The van der Waals surface area contributed by atoms with Gasteiger partial charge in [-0.1, -0.05) is 18.2 Å². The van der Waals surface area contributed by atoms with Crippen LogP contribution in [-0.4, -0.2) is 26.3 Å². The fourth-order valence-corrected chi connectivity index (χ4v) is 2.22. The second kappa shape index (κ2) is 4.85. The molecule has 0 saturated carbocycles. The van der Waals surface area contributed by atoms with E-state index in [0.717, 1.165) is 19.6 Å². The average molecular weight is 220 g/mol. The highest BCUT2D eigenvalue weighted by Crippen LogP contribution is 2.27. The van der Waals surface area contributed by atoms with Crippen LogP contribution in [0, 0.1) is 0 Å². The molecule has 0 spiro atoms. The molecular formula is C13H20N2O. The molecule has 0 radical (unpaired) electrons. The van der Waals surface area contributed by atoms with Gasteiger partial charge in [-0.15, -0.1) is 0 Å². The number of hydrogen-bond acceptors (Lipinski definition) is 3. The highest BCUT2D eigenvalue weighted by molar-refractivity contribution is 5.55. The topological polar surface area (TPSA) is 38.5 Å². The highest BCUT2D eigenvalue weighted by atomic mass is 16.5. The van der Waals surface area contributed by atoms with Crippen LogP contribution in [0.5, 0.6) is 0 Å². The van der Waals surface area contributed by atoms with Gasteiger partial charge in [-0.05, 0) is 25.0 Å². The lowest BCUT2D eigenvalue weighted by Crippen LogP contribution is -2.33. The van der Waals surface area contributed by atoms with Gasteiger partial charge in [-0.3, -0.25) is 0 Å². The van der Waals surface area contributed by atoms with E-state index in [1.165, 1.54) is 11.3 Å². The molecule has 3 heteroatoms. The maximum atomic E-state index is 5.99. The second-order valence-corrected chi connectivity index (χ2v) is 4.48. The number of rotatable bonds is 3. The third-order valence-electron chi connectivity index (χ3n) is 3.26. The van der Waals surface area contributed by atoms with E-state index in [1.807, 2.05) is 13.0 Å². The summed E-state index contributed by atoms with van der Waals surface area (Å²) in [6.07, 6.45) is 1.10. The van der Waals surface area contributed by atoms with Crippen molar-refractivity contribution in [2.45, 2.75) is 25.4 Å². The van der Waals surface area contributed by atoms with Crippen LogP contribution in [0.1, 0.15) is 24.9 Å². The molecule has 0 aromatic heterocycles. The number of para-hydroxylation sites is 1. The molecule has 1 fully saturated rings. The first kappa shape index (κ1) is 11.4. The van der Waals surface area contributed by atoms with E-state index in [4.69, 9.17) is 10.5 Å². The molecule has 1 aromatic carbocycles. The van der Waals surface area contributed by atoms with E-state index >= 15 is 0 Å². The smallest absolute Gasteiger partial charge is 0.0670 e. The number of likely N-dealkylation sites (N-methyl/N-ethyl adjacent to an activating group) is 1. The fraction of sp³-hybridized carbons (Fsp3) is 0.538.